The van der Waals surface area contributed by atoms with E-state index in [4.69, 9.17) is 10.5 Å². The third-order valence-corrected chi connectivity index (χ3v) is 3.38. The number of rotatable bonds is 7. The zero-order chi connectivity index (χ0) is 14.3. The molecule has 0 aliphatic carbocycles. The second-order valence-electron chi connectivity index (χ2n) is 4.49. The maximum atomic E-state index is 11.8. The minimum Gasteiger partial charge on any atom is -0.481 e. The summed E-state index contributed by atoms with van der Waals surface area (Å²) in [5.74, 6) is 0.585. The van der Waals surface area contributed by atoms with Crippen LogP contribution in [-0.4, -0.2) is 30.9 Å². The van der Waals surface area contributed by atoms with Crippen molar-refractivity contribution in [2.24, 2.45) is 5.73 Å². The van der Waals surface area contributed by atoms with E-state index in [2.05, 4.69) is 5.32 Å². The van der Waals surface area contributed by atoms with Gasteiger partial charge < -0.3 is 15.8 Å². The lowest BCUT2D eigenvalue weighted by Crippen LogP contribution is -2.38. The molecule has 3 N–H and O–H groups in total. The third kappa shape index (κ3) is 5.98. The van der Waals surface area contributed by atoms with Crippen molar-refractivity contribution in [2.45, 2.75) is 37.3 Å². The molecule has 1 aromatic rings. The maximum Gasteiger partial charge on any atom is 0.260 e. The zero-order valence-electron chi connectivity index (χ0n) is 11.7. The molecule has 0 fully saturated rings. The summed E-state index contributed by atoms with van der Waals surface area (Å²) < 4.78 is 5.58. The lowest BCUT2D eigenvalue weighted by molar-refractivity contribution is -0.127. The van der Waals surface area contributed by atoms with E-state index >= 15 is 0 Å². The zero-order valence-corrected chi connectivity index (χ0v) is 12.5. The number of amides is 1. The number of ether oxygens (including phenoxy) is 1. The predicted molar refractivity (Wildman–Crippen MR) is 79.6 cm³/mol. The molecule has 0 heterocycles. The van der Waals surface area contributed by atoms with Gasteiger partial charge in [-0.05, 0) is 50.8 Å². The first kappa shape index (κ1) is 15.9. The first-order chi connectivity index (χ1) is 9.02. The van der Waals surface area contributed by atoms with Crippen molar-refractivity contribution in [1.29, 1.82) is 0 Å². The fraction of sp³-hybridized carbons (Fsp3) is 0.500. The molecule has 0 aliphatic heterocycles. The summed E-state index contributed by atoms with van der Waals surface area (Å²) in [5.41, 5.74) is 5.62. The Bertz CT molecular complexity index is 393. The summed E-state index contributed by atoms with van der Waals surface area (Å²) >= 11 is 1.67. The largest absolute Gasteiger partial charge is 0.481 e. The Labute approximate surface area is 119 Å². The molecule has 2 unspecified atom stereocenters. The molecule has 4 nitrogen and oxygen atoms in total. The van der Waals surface area contributed by atoms with Gasteiger partial charge in [-0.15, -0.1) is 11.8 Å². The van der Waals surface area contributed by atoms with Gasteiger partial charge in [0.1, 0.15) is 5.75 Å². The fourth-order valence-electron chi connectivity index (χ4n) is 1.48. The smallest absolute Gasteiger partial charge is 0.260 e. The number of hydrogen-bond acceptors (Lipinski definition) is 4. The molecule has 106 valence electrons. The Hall–Kier alpha value is -1.20. The van der Waals surface area contributed by atoms with Crippen molar-refractivity contribution in [1.82, 2.24) is 5.32 Å². The number of thioether (sulfide) groups is 1. The van der Waals surface area contributed by atoms with Crippen LogP contribution >= 0.6 is 11.8 Å². The minimum absolute atomic E-state index is 0.0932. The molecular formula is C14H22N2O2S. The fourth-order valence-corrected chi connectivity index (χ4v) is 1.89. The molecule has 0 saturated heterocycles. The Morgan fingerprint density at radius 1 is 1.37 bits per heavy atom. The van der Waals surface area contributed by atoms with Gasteiger partial charge in [0, 0.05) is 17.5 Å². The molecule has 1 rings (SSSR count). The number of carbonyl (C=O) groups is 1. The number of carbonyl (C=O) groups excluding carboxylic acids is 1. The average molecular weight is 282 g/mol. The van der Waals surface area contributed by atoms with E-state index in [0.717, 1.165) is 6.42 Å². The van der Waals surface area contributed by atoms with Crippen molar-refractivity contribution in [3.8, 4) is 5.75 Å². The van der Waals surface area contributed by atoms with Gasteiger partial charge in [-0.2, -0.15) is 0 Å². The summed E-state index contributed by atoms with van der Waals surface area (Å²) in [6.45, 7) is 4.23. The standard InChI is InChI=1S/C14H22N2O2S/c1-10(15)8-9-16-14(17)11(2)18-12-4-6-13(19-3)7-5-12/h4-7,10-11H,8-9,15H2,1-3H3,(H,16,17). The average Bonchev–Trinajstić information content (AvgIpc) is 2.39. The molecule has 0 aromatic heterocycles. The van der Waals surface area contributed by atoms with Crippen molar-refractivity contribution in [3.63, 3.8) is 0 Å². The molecule has 0 spiro atoms. The summed E-state index contributed by atoms with van der Waals surface area (Å²) in [4.78, 5) is 12.9. The predicted octanol–water partition coefficient (Wildman–Crippen LogP) is 2.03. The van der Waals surface area contributed by atoms with Gasteiger partial charge in [-0.1, -0.05) is 0 Å². The van der Waals surface area contributed by atoms with Gasteiger partial charge in [-0.25, -0.2) is 0 Å². The Morgan fingerprint density at radius 2 is 2.00 bits per heavy atom. The highest BCUT2D eigenvalue weighted by atomic mass is 32.2. The van der Waals surface area contributed by atoms with Crippen LogP contribution in [0.15, 0.2) is 29.2 Å². The van der Waals surface area contributed by atoms with Crippen LogP contribution in [0.2, 0.25) is 0 Å². The molecule has 0 bridgehead atoms. The normalized spacial score (nSPS) is 13.7. The van der Waals surface area contributed by atoms with Gasteiger partial charge in [0.05, 0.1) is 0 Å². The molecule has 5 heteroatoms. The molecule has 1 amide bonds. The van der Waals surface area contributed by atoms with E-state index < -0.39 is 6.10 Å². The van der Waals surface area contributed by atoms with Crippen LogP contribution in [0.4, 0.5) is 0 Å². The third-order valence-electron chi connectivity index (χ3n) is 2.64. The van der Waals surface area contributed by atoms with E-state index in [1.54, 1.807) is 18.7 Å². The quantitative estimate of drug-likeness (QED) is 0.751. The molecule has 2 atom stereocenters. The second-order valence-corrected chi connectivity index (χ2v) is 5.37. The molecule has 0 radical (unpaired) electrons. The number of nitrogens with one attached hydrogen (secondary N) is 1. The second kappa shape index (κ2) is 8.07. The number of nitrogens with two attached hydrogens (primary N) is 1. The summed E-state index contributed by atoms with van der Waals surface area (Å²) in [7, 11) is 0. The minimum atomic E-state index is -0.506. The Morgan fingerprint density at radius 3 is 2.53 bits per heavy atom. The van der Waals surface area contributed by atoms with Crippen molar-refractivity contribution >= 4 is 17.7 Å². The van der Waals surface area contributed by atoms with Crippen LogP contribution in [0.5, 0.6) is 5.75 Å². The van der Waals surface area contributed by atoms with Crippen LogP contribution in [0.1, 0.15) is 20.3 Å². The van der Waals surface area contributed by atoms with Gasteiger partial charge in [-0.3, -0.25) is 4.79 Å². The van der Waals surface area contributed by atoms with Gasteiger partial charge >= 0.3 is 0 Å². The van der Waals surface area contributed by atoms with Gasteiger partial charge in [0.2, 0.25) is 0 Å². The number of hydrogen-bond donors (Lipinski definition) is 2. The van der Waals surface area contributed by atoms with Crippen molar-refractivity contribution < 1.29 is 9.53 Å². The van der Waals surface area contributed by atoms with Crippen LogP contribution in [0, 0.1) is 0 Å². The van der Waals surface area contributed by atoms with Crippen LogP contribution in [-0.2, 0) is 4.79 Å². The highest BCUT2D eigenvalue weighted by Gasteiger charge is 2.14. The van der Waals surface area contributed by atoms with Gasteiger partial charge in [0.15, 0.2) is 6.10 Å². The van der Waals surface area contributed by atoms with Crippen LogP contribution < -0.4 is 15.8 Å². The monoisotopic (exact) mass is 282 g/mol. The van der Waals surface area contributed by atoms with E-state index in [1.807, 2.05) is 37.4 Å². The molecule has 0 aliphatic rings. The molecular weight excluding hydrogens is 260 g/mol. The van der Waals surface area contributed by atoms with Crippen LogP contribution in [0.25, 0.3) is 0 Å². The van der Waals surface area contributed by atoms with Crippen LogP contribution in [0.3, 0.4) is 0 Å². The first-order valence-electron chi connectivity index (χ1n) is 6.37. The Balaban J connectivity index is 2.40. The van der Waals surface area contributed by atoms with E-state index in [0.29, 0.717) is 12.3 Å². The van der Waals surface area contributed by atoms with Gasteiger partial charge in [0.25, 0.3) is 5.91 Å². The molecule has 0 saturated carbocycles. The first-order valence-corrected chi connectivity index (χ1v) is 7.59. The number of benzene rings is 1. The summed E-state index contributed by atoms with van der Waals surface area (Å²) in [6, 6.07) is 7.78. The van der Waals surface area contributed by atoms with E-state index in [9.17, 15) is 4.79 Å². The van der Waals surface area contributed by atoms with E-state index in [1.165, 1.54) is 4.90 Å². The summed E-state index contributed by atoms with van der Waals surface area (Å²) in [6.07, 6.45) is 2.28. The highest BCUT2D eigenvalue weighted by molar-refractivity contribution is 7.98. The lowest BCUT2D eigenvalue weighted by Gasteiger charge is -2.15. The lowest BCUT2D eigenvalue weighted by atomic mass is 10.2. The SMILES string of the molecule is CSc1ccc(OC(C)C(=O)NCCC(C)N)cc1. The van der Waals surface area contributed by atoms with Crippen molar-refractivity contribution in [2.75, 3.05) is 12.8 Å². The maximum absolute atomic E-state index is 11.8. The highest BCUT2D eigenvalue weighted by Crippen LogP contribution is 2.19. The molecule has 19 heavy (non-hydrogen) atoms. The summed E-state index contributed by atoms with van der Waals surface area (Å²) in [5, 5.41) is 2.81. The topological polar surface area (TPSA) is 64.3 Å². The Kier molecular flexibility index (Phi) is 6.73. The van der Waals surface area contributed by atoms with E-state index in [-0.39, 0.29) is 11.9 Å². The molecule has 1 aromatic carbocycles. The van der Waals surface area contributed by atoms with Crippen molar-refractivity contribution in [3.05, 3.63) is 24.3 Å².